The van der Waals surface area contributed by atoms with Gasteiger partial charge in [0.05, 0.1) is 29.3 Å². The Labute approximate surface area is 196 Å². The Morgan fingerprint density at radius 1 is 1.19 bits per heavy atom. The maximum Gasteiger partial charge on any atom is 0.262 e. The van der Waals surface area contributed by atoms with E-state index in [2.05, 4.69) is 41.5 Å². The van der Waals surface area contributed by atoms with E-state index in [0.717, 1.165) is 25.2 Å². The van der Waals surface area contributed by atoms with Crippen LogP contribution in [-0.2, 0) is 16.1 Å². The number of nitrogens with one attached hydrogen (secondary N) is 1. The Morgan fingerprint density at radius 3 is 2.78 bits per heavy atom. The largest absolute Gasteiger partial charge is 0.376 e. The van der Waals surface area contributed by atoms with Gasteiger partial charge in [-0.25, -0.2) is 4.98 Å². The molecule has 0 spiro atoms. The lowest BCUT2D eigenvalue weighted by molar-refractivity contribution is -0.118. The van der Waals surface area contributed by atoms with Gasteiger partial charge >= 0.3 is 0 Å². The van der Waals surface area contributed by atoms with Crippen molar-refractivity contribution < 1.29 is 9.53 Å². The number of aryl methyl sites for hydroxylation is 1. The summed E-state index contributed by atoms with van der Waals surface area (Å²) in [5.41, 5.74) is 1.81. The van der Waals surface area contributed by atoms with Crippen molar-refractivity contribution in [3.8, 4) is 0 Å². The van der Waals surface area contributed by atoms with Crippen molar-refractivity contribution >= 4 is 40.3 Å². The highest BCUT2D eigenvalue weighted by Gasteiger charge is 2.20. The predicted molar refractivity (Wildman–Crippen MR) is 131 cm³/mol. The molecule has 0 bridgehead atoms. The number of aromatic nitrogens is 2. The first-order valence-electron chi connectivity index (χ1n) is 10.8. The zero-order valence-corrected chi connectivity index (χ0v) is 19.7. The normalized spacial score (nSPS) is 15.8. The number of ether oxygens (including phenoxy) is 1. The van der Waals surface area contributed by atoms with E-state index in [1.807, 2.05) is 18.2 Å². The number of hydrogen-bond acceptors (Lipinski definition) is 6. The van der Waals surface area contributed by atoms with Crippen molar-refractivity contribution in [2.75, 3.05) is 24.7 Å². The fraction of sp³-hybridized carbons (Fsp3) is 0.375. The first-order chi connectivity index (χ1) is 15.6. The maximum absolute atomic E-state index is 13.1. The Bertz CT molecular complexity index is 1130. The number of para-hydroxylation sites is 1. The lowest BCUT2D eigenvalue weighted by Gasteiger charge is -2.16. The van der Waals surface area contributed by atoms with E-state index in [-0.39, 0.29) is 23.3 Å². The van der Waals surface area contributed by atoms with E-state index in [1.54, 1.807) is 22.4 Å². The van der Waals surface area contributed by atoms with Gasteiger partial charge in [-0.1, -0.05) is 41.6 Å². The van der Waals surface area contributed by atoms with E-state index in [9.17, 15) is 9.59 Å². The van der Waals surface area contributed by atoms with E-state index in [0.29, 0.717) is 29.1 Å². The minimum atomic E-state index is -0.0801. The Kier molecular flexibility index (Phi) is 7.89. The van der Waals surface area contributed by atoms with Gasteiger partial charge in [0.1, 0.15) is 0 Å². The van der Waals surface area contributed by atoms with Crippen molar-refractivity contribution in [1.29, 1.82) is 0 Å². The van der Waals surface area contributed by atoms with Crippen LogP contribution in [0.2, 0.25) is 0 Å². The molecule has 1 saturated heterocycles. The number of nitrogens with zero attached hydrogens (tertiary/aromatic N) is 2. The van der Waals surface area contributed by atoms with Crippen LogP contribution in [0.3, 0.4) is 0 Å². The van der Waals surface area contributed by atoms with Crippen LogP contribution in [0.4, 0.5) is 0 Å². The smallest absolute Gasteiger partial charge is 0.262 e. The molecular formula is C24H27N3O3S2. The standard InChI is InChI=1S/C24H27N3O3S2/c1-17-8-10-19(11-9-17)31-14-12-25-22(28)16-32-24-26-21-7-3-2-6-20(21)23(29)27(24)15-18-5-4-13-30-18/h2-3,6-11,18H,4-5,12-16H2,1H3,(H,25,28). The van der Waals surface area contributed by atoms with Crippen LogP contribution in [0.1, 0.15) is 18.4 Å². The highest BCUT2D eigenvalue weighted by molar-refractivity contribution is 7.99. The Morgan fingerprint density at radius 2 is 2.00 bits per heavy atom. The lowest BCUT2D eigenvalue weighted by Crippen LogP contribution is -2.30. The van der Waals surface area contributed by atoms with Crippen molar-refractivity contribution in [2.24, 2.45) is 0 Å². The molecule has 1 unspecified atom stereocenters. The summed E-state index contributed by atoms with van der Waals surface area (Å²) in [6.45, 7) is 3.85. The number of thioether (sulfide) groups is 2. The number of carbonyl (C=O) groups is 1. The second-order valence-corrected chi connectivity index (χ2v) is 9.87. The predicted octanol–water partition coefficient (Wildman–Crippen LogP) is 3.88. The van der Waals surface area contributed by atoms with E-state index < -0.39 is 0 Å². The molecule has 1 atom stereocenters. The second kappa shape index (κ2) is 11.0. The third kappa shape index (κ3) is 5.94. The molecule has 0 radical (unpaired) electrons. The molecule has 32 heavy (non-hydrogen) atoms. The molecule has 1 fully saturated rings. The van der Waals surface area contributed by atoms with Crippen LogP contribution in [-0.4, -0.2) is 46.2 Å². The molecule has 6 nitrogen and oxygen atoms in total. The lowest BCUT2D eigenvalue weighted by atomic mass is 10.2. The maximum atomic E-state index is 13.1. The molecule has 1 aliphatic rings. The summed E-state index contributed by atoms with van der Waals surface area (Å²) < 4.78 is 7.40. The highest BCUT2D eigenvalue weighted by Crippen LogP contribution is 2.21. The minimum absolute atomic E-state index is 0.0163. The van der Waals surface area contributed by atoms with Gasteiger partial charge < -0.3 is 10.1 Å². The fourth-order valence-corrected chi connectivity index (χ4v) is 5.19. The monoisotopic (exact) mass is 469 g/mol. The Balaban J connectivity index is 1.36. The molecule has 1 N–H and O–H groups in total. The van der Waals surface area contributed by atoms with Gasteiger partial charge in [0.15, 0.2) is 5.16 Å². The number of hydrogen-bond donors (Lipinski definition) is 1. The summed E-state index contributed by atoms with van der Waals surface area (Å²) in [4.78, 5) is 31.4. The third-order valence-electron chi connectivity index (χ3n) is 5.28. The first-order valence-corrected chi connectivity index (χ1v) is 12.8. The molecule has 1 aliphatic heterocycles. The summed E-state index contributed by atoms with van der Waals surface area (Å²) in [6, 6.07) is 15.7. The number of benzene rings is 2. The van der Waals surface area contributed by atoms with Gasteiger partial charge in [-0.05, 0) is 44.0 Å². The van der Waals surface area contributed by atoms with Gasteiger partial charge in [-0.3, -0.25) is 14.2 Å². The molecule has 1 amide bonds. The number of rotatable bonds is 9. The van der Waals surface area contributed by atoms with Crippen LogP contribution >= 0.6 is 23.5 Å². The molecule has 0 aliphatic carbocycles. The zero-order valence-electron chi connectivity index (χ0n) is 18.1. The topological polar surface area (TPSA) is 73.2 Å². The molecule has 1 aromatic heterocycles. The van der Waals surface area contributed by atoms with Crippen LogP contribution in [0.5, 0.6) is 0 Å². The van der Waals surface area contributed by atoms with Crippen LogP contribution in [0, 0.1) is 6.92 Å². The van der Waals surface area contributed by atoms with Crippen molar-refractivity contribution in [3.63, 3.8) is 0 Å². The summed E-state index contributed by atoms with van der Waals surface area (Å²) in [5, 5.41) is 4.11. The molecule has 168 valence electrons. The summed E-state index contributed by atoms with van der Waals surface area (Å²) in [5.74, 6) is 0.953. The molecule has 3 aromatic rings. The average molecular weight is 470 g/mol. The van der Waals surface area contributed by atoms with Crippen LogP contribution < -0.4 is 10.9 Å². The van der Waals surface area contributed by atoms with Crippen molar-refractivity contribution in [3.05, 3.63) is 64.4 Å². The van der Waals surface area contributed by atoms with Gasteiger partial charge in [0.25, 0.3) is 5.56 Å². The van der Waals surface area contributed by atoms with Gasteiger partial charge in [0, 0.05) is 23.8 Å². The van der Waals surface area contributed by atoms with Crippen molar-refractivity contribution in [1.82, 2.24) is 14.9 Å². The molecular weight excluding hydrogens is 442 g/mol. The molecule has 2 aromatic carbocycles. The number of carbonyl (C=O) groups excluding carboxylic acids is 1. The minimum Gasteiger partial charge on any atom is -0.376 e. The van der Waals surface area contributed by atoms with Gasteiger partial charge in [0.2, 0.25) is 5.91 Å². The van der Waals surface area contributed by atoms with Crippen LogP contribution in [0.25, 0.3) is 10.9 Å². The van der Waals surface area contributed by atoms with E-state index in [4.69, 9.17) is 4.74 Å². The van der Waals surface area contributed by atoms with E-state index >= 15 is 0 Å². The van der Waals surface area contributed by atoms with Crippen molar-refractivity contribution in [2.45, 2.75) is 42.5 Å². The summed E-state index contributed by atoms with van der Waals surface area (Å²) in [6.07, 6.45) is 1.96. The SMILES string of the molecule is Cc1ccc(SCCNC(=O)CSc2nc3ccccc3c(=O)n2CC2CCCO2)cc1. The highest BCUT2D eigenvalue weighted by atomic mass is 32.2. The average Bonchev–Trinajstić information content (AvgIpc) is 3.32. The zero-order chi connectivity index (χ0) is 22.3. The Hall–Kier alpha value is -2.29. The van der Waals surface area contributed by atoms with Crippen LogP contribution in [0.15, 0.2) is 63.4 Å². The number of amides is 1. The molecule has 4 rings (SSSR count). The third-order valence-corrected chi connectivity index (χ3v) is 7.27. The fourth-order valence-electron chi connectivity index (χ4n) is 3.59. The van der Waals surface area contributed by atoms with E-state index in [1.165, 1.54) is 22.2 Å². The number of fused-ring (bicyclic) bond motifs is 1. The quantitative estimate of drug-likeness (QED) is 0.291. The summed E-state index contributed by atoms with van der Waals surface area (Å²) >= 11 is 3.02. The summed E-state index contributed by atoms with van der Waals surface area (Å²) in [7, 11) is 0. The molecule has 0 saturated carbocycles. The first kappa shape index (κ1) is 22.9. The molecule has 8 heteroatoms. The van der Waals surface area contributed by atoms with Gasteiger partial charge in [-0.2, -0.15) is 0 Å². The van der Waals surface area contributed by atoms with Gasteiger partial charge in [-0.15, -0.1) is 11.8 Å². The second-order valence-electron chi connectivity index (χ2n) is 7.76. The molecule has 2 heterocycles.